The van der Waals surface area contributed by atoms with Gasteiger partial charge in [0, 0.05) is 6.42 Å². The average molecular weight is 391 g/mol. The molecule has 0 amide bonds. The fourth-order valence-electron chi connectivity index (χ4n) is 4.24. The number of benzene rings is 1. The topological polar surface area (TPSA) is 98.0 Å². The van der Waals surface area contributed by atoms with E-state index in [0.29, 0.717) is 25.7 Å². The van der Waals surface area contributed by atoms with E-state index in [1.54, 1.807) is 6.08 Å². The molecule has 5 nitrogen and oxygen atoms in total. The van der Waals surface area contributed by atoms with E-state index in [2.05, 4.69) is 0 Å². The van der Waals surface area contributed by atoms with Crippen LogP contribution < -0.4 is 0 Å². The number of hydrogen-bond acceptors (Lipinski definition) is 4. The van der Waals surface area contributed by atoms with Gasteiger partial charge in [-0.2, -0.15) is 0 Å². The van der Waals surface area contributed by atoms with Crippen molar-refractivity contribution in [1.29, 1.82) is 0 Å². The molecule has 0 bridgehead atoms. The number of aliphatic hydroxyl groups is 3. The normalized spacial score (nSPS) is 26.0. The molecule has 5 heteroatoms. The first-order valence-corrected chi connectivity index (χ1v) is 10.5. The van der Waals surface area contributed by atoms with Crippen LogP contribution >= 0.6 is 0 Å². The Kier molecular flexibility index (Phi) is 9.68. The molecule has 0 heterocycles. The van der Waals surface area contributed by atoms with Crippen molar-refractivity contribution in [1.82, 2.24) is 0 Å². The Bertz CT molecular complexity index is 600. The summed E-state index contributed by atoms with van der Waals surface area (Å²) in [4.78, 5) is 10.5. The summed E-state index contributed by atoms with van der Waals surface area (Å²) in [5.41, 5.74) is 1.04. The van der Waals surface area contributed by atoms with Crippen molar-refractivity contribution in [2.24, 2.45) is 11.8 Å². The first-order chi connectivity index (χ1) is 13.5. The standard InChI is InChI=1S/C23H34O5/c24-18(13-12-17-8-4-3-5-9-17)14-15-20-19(21(25)16-22(20)26)10-6-1-2-7-11-23(27)28/h3-5,8-9,12-13,18-22,24-26H,1-2,6-7,10-11,14-16H2,(H,27,28)/b13-12+/t18?,19-,20-,21+,22-/m1/s1. The van der Waals surface area contributed by atoms with Crippen molar-refractivity contribution in [3.05, 3.63) is 42.0 Å². The molecule has 156 valence electrons. The maximum absolute atomic E-state index is 10.5. The molecule has 2 rings (SSSR count). The van der Waals surface area contributed by atoms with E-state index in [1.165, 1.54) is 0 Å². The highest BCUT2D eigenvalue weighted by Crippen LogP contribution is 2.39. The van der Waals surface area contributed by atoms with Gasteiger partial charge in [0.1, 0.15) is 0 Å². The minimum Gasteiger partial charge on any atom is -0.481 e. The summed E-state index contributed by atoms with van der Waals surface area (Å²) >= 11 is 0. The zero-order chi connectivity index (χ0) is 20.4. The van der Waals surface area contributed by atoms with Gasteiger partial charge >= 0.3 is 5.97 Å². The number of carbonyl (C=O) groups is 1. The Morgan fingerprint density at radius 1 is 1.00 bits per heavy atom. The predicted octanol–water partition coefficient (Wildman–Crippen LogP) is 3.62. The molecular weight excluding hydrogens is 356 g/mol. The monoisotopic (exact) mass is 390 g/mol. The van der Waals surface area contributed by atoms with Crippen LogP contribution in [0.25, 0.3) is 6.08 Å². The van der Waals surface area contributed by atoms with Gasteiger partial charge in [0.15, 0.2) is 0 Å². The SMILES string of the molecule is O=C(O)CCCCCC[C@@H]1[C@@H](CCC(O)/C=C/c2ccccc2)[C@H](O)C[C@@H]1O. The number of aliphatic hydroxyl groups excluding tert-OH is 3. The molecule has 0 spiro atoms. The van der Waals surface area contributed by atoms with Crippen molar-refractivity contribution in [3.8, 4) is 0 Å². The van der Waals surface area contributed by atoms with Gasteiger partial charge in [0.25, 0.3) is 0 Å². The first-order valence-electron chi connectivity index (χ1n) is 10.5. The summed E-state index contributed by atoms with van der Waals surface area (Å²) in [5, 5.41) is 39.5. The van der Waals surface area contributed by atoms with Gasteiger partial charge in [-0.25, -0.2) is 0 Å². The van der Waals surface area contributed by atoms with Gasteiger partial charge in [0.05, 0.1) is 18.3 Å². The van der Waals surface area contributed by atoms with Crippen LogP contribution in [-0.4, -0.2) is 44.7 Å². The highest BCUT2D eigenvalue weighted by atomic mass is 16.4. The number of carboxylic acids is 1. The maximum atomic E-state index is 10.5. The summed E-state index contributed by atoms with van der Waals surface area (Å²) in [6.45, 7) is 0. The van der Waals surface area contributed by atoms with E-state index in [-0.39, 0.29) is 18.3 Å². The summed E-state index contributed by atoms with van der Waals surface area (Å²) in [6.07, 6.45) is 8.26. The van der Waals surface area contributed by atoms with Crippen molar-refractivity contribution < 1.29 is 25.2 Å². The molecule has 1 unspecified atom stereocenters. The van der Waals surface area contributed by atoms with Crippen LogP contribution in [0.4, 0.5) is 0 Å². The summed E-state index contributed by atoms with van der Waals surface area (Å²) in [5.74, 6) is -0.692. The Morgan fingerprint density at radius 2 is 1.64 bits per heavy atom. The number of rotatable bonds is 12. The Labute approximate surface area is 167 Å². The van der Waals surface area contributed by atoms with Crippen LogP contribution in [0.15, 0.2) is 36.4 Å². The molecule has 0 aliphatic heterocycles. The van der Waals surface area contributed by atoms with Crippen molar-refractivity contribution in [3.63, 3.8) is 0 Å². The lowest BCUT2D eigenvalue weighted by molar-refractivity contribution is -0.137. The smallest absolute Gasteiger partial charge is 0.303 e. The lowest BCUT2D eigenvalue weighted by atomic mass is 9.85. The van der Waals surface area contributed by atoms with Gasteiger partial charge in [-0.05, 0) is 49.5 Å². The minimum atomic E-state index is -0.755. The average Bonchev–Trinajstić information content (AvgIpc) is 2.94. The number of hydrogen-bond donors (Lipinski definition) is 4. The van der Waals surface area contributed by atoms with E-state index in [9.17, 15) is 20.1 Å². The number of aliphatic carboxylic acids is 1. The van der Waals surface area contributed by atoms with Crippen molar-refractivity contribution in [2.75, 3.05) is 0 Å². The van der Waals surface area contributed by atoms with Gasteiger partial charge < -0.3 is 20.4 Å². The molecule has 0 radical (unpaired) electrons. The van der Waals surface area contributed by atoms with Gasteiger partial charge in [-0.3, -0.25) is 4.79 Å². The predicted molar refractivity (Wildman–Crippen MR) is 110 cm³/mol. The molecule has 5 atom stereocenters. The zero-order valence-corrected chi connectivity index (χ0v) is 16.5. The highest BCUT2D eigenvalue weighted by Gasteiger charge is 2.40. The largest absolute Gasteiger partial charge is 0.481 e. The number of carboxylic acid groups (broad SMARTS) is 1. The third-order valence-electron chi connectivity index (χ3n) is 5.81. The lowest BCUT2D eigenvalue weighted by Gasteiger charge is -2.24. The fourth-order valence-corrected chi connectivity index (χ4v) is 4.24. The molecule has 0 saturated heterocycles. The van der Waals surface area contributed by atoms with E-state index in [1.807, 2.05) is 36.4 Å². The van der Waals surface area contributed by atoms with E-state index < -0.39 is 24.3 Å². The van der Waals surface area contributed by atoms with Crippen LogP contribution in [0.2, 0.25) is 0 Å². The van der Waals surface area contributed by atoms with Crippen LogP contribution in [0.1, 0.15) is 63.4 Å². The zero-order valence-electron chi connectivity index (χ0n) is 16.5. The summed E-state index contributed by atoms with van der Waals surface area (Å²) < 4.78 is 0. The number of unbranched alkanes of at least 4 members (excludes halogenated alkanes) is 3. The Morgan fingerprint density at radius 3 is 2.32 bits per heavy atom. The Hall–Kier alpha value is -1.69. The third-order valence-corrected chi connectivity index (χ3v) is 5.81. The second-order valence-corrected chi connectivity index (χ2v) is 7.96. The van der Waals surface area contributed by atoms with E-state index in [4.69, 9.17) is 5.11 Å². The molecule has 28 heavy (non-hydrogen) atoms. The molecule has 4 N–H and O–H groups in total. The second kappa shape index (κ2) is 12.0. The van der Waals surface area contributed by atoms with E-state index in [0.717, 1.165) is 31.2 Å². The molecular formula is C23H34O5. The van der Waals surface area contributed by atoms with Gasteiger partial charge in [0.2, 0.25) is 0 Å². The van der Waals surface area contributed by atoms with Crippen LogP contribution in [-0.2, 0) is 4.79 Å². The molecule has 1 aliphatic rings. The molecule has 0 aromatic heterocycles. The van der Waals surface area contributed by atoms with Crippen LogP contribution in [0.3, 0.4) is 0 Å². The van der Waals surface area contributed by atoms with Crippen LogP contribution in [0, 0.1) is 11.8 Å². The van der Waals surface area contributed by atoms with Gasteiger partial charge in [-0.1, -0.05) is 61.7 Å². The van der Waals surface area contributed by atoms with E-state index >= 15 is 0 Å². The Balaban J connectivity index is 1.74. The van der Waals surface area contributed by atoms with Crippen molar-refractivity contribution in [2.45, 2.75) is 76.1 Å². The van der Waals surface area contributed by atoms with Gasteiger partial charge in [-0.15, -0.1) is 0 Å². The first kappa shape index (κ1) is 22.6. The molecule has 1 aromatic carbocycles. The second-order valence-electron chi connectivity index (χ2n) is 7.96. The third kappa shape index (κ3) is 7.74. The lowest BCUT2D eigenvalue weighted by Crippen LogP contribution is -2.23. The molecule has 1 fully saturated rings. The highest BCUT2D eigenvalue weighted by molar-refractivity contribution is 5.66. The maximum Gasteiger partial charge on any atom is 0.303 e. The minimum absolute atomic E-state index is 0.00814. The van der Waals surface area contributed by atoms with Crippen LogP contribution in [0.5, 0.6) is 0 Å². The quantitative estimate of drug-likeness (QED) is 0.409. The summed E-state index contributed by atoms with van der Waals surface area (Å²) in [6, 6.07) is 9.82. The fraction of sp³-hybridized carbons (Fsp3) is 0.609. The molecule has 1 aromatic rings. The summed E-state index contributed by atoms with van der Waals surface area (Å²) in [7, 11) is 0. The molecule has 1 saturated carbocycles. The van der Waals surface area contributed by atoms with Crippen molar-refractivity contribution >= 4 is 12.0 Å². The molecule has 1 aliphatic carbocycles.